The summed E-state index contributed by atoms with van der Waals surface area (Å²) in [5.41, 5.74) is 5.71. The molecule has 0 bridgehead atoms. The Hall–Kier alpha value is -0.120. The van der Waals surface area contributed by atoms with Crippen LogP contribution in [-0.4, -0.2) is 42.3 Å². The Kier molecular flexibility index (Phi) is 4.70. The van der Waals surface area contributed by atoms with E-state index in [9.17, 15) is 0 Å². The number of nitrogens with zero attached hydrogens (tertiary/aromatic N) is 1. The van der Waals surface area contributed by atoms with Crippen LogP contribution in [0.4, 0.5) is 0 Å². The van der Waals surface area contributed by atoms with Crippen LogP contribution in [0.15, 0.2) is 0 Å². The van der Waals surface area contributed by atoms with Gasteiger partial charge in [-0.1, -0.05) is 6.92 Å². The molecule has 3 heteroatoms. The van der Waals surface area contributed by atoms with Gasteiger partial charge >= 0.3 is 0 Å². The molecule has 1 aliphatic rings. The maximum Gasteiger partial charge on any atom is 0.0595 e. The smallest absolute Gasteiger partial charge is 0.0595 e. The third-order valence-corrected chi connectivity index (χ3v) is 2.48. The van der Waals surface area contributed by atoms with Gasteiger partial charge in [0.15, 0.2) is 0 Å². The van der Waals surface area contributed by atoms with Crippen LogP contribution >= 0.6 is 0 Å². The molecular formula is C10H22N2O. The molecule has 0 aromatic rings. The van der Waals surface area contributed by atoms with E-state index in [2.05, 4.69) is 11.8 Å². The lowest BCUT2D eigenvalue weighted by Crippen LogP contribution is -2.41. The number of hydrogen-bond acceptors (Lipinski definition) is 3. The molecule has 1 unspecified atom stereocenters. The van der Waals surface area contributed by atoms with Crippen LogP contribution in [0.2, 0.25) is 0 Å². The van der Waals surface area contributed by atoms with E-state index in [-0.39, 0.29) is 12.6 Å². The molecule has 1 aliphatic carbocycles. The first-order valence-corrected chi connectivity index (χ1v) is 5.35. The standard InChI is InChI=1S/C10H22N2O/c1-2-5-12(6-9-3-4-9)7-10(11)8-13/h9-10,13H,2-8,11H2,1H3. The summed E-state index contributed by atoms with van der Waals surface area (Å²) in [6.45, 7) is 5.43. The second-order valence-corrected chi connectivity index (χ2v) is 4.15. The maximum atomic E-state index is 8.85. The van der Waals surface area contributed by atoms with Crippen molar-refractivity contribution in [3.63, 3.8) is 0 Å². The van der Waals surface area contributed by atoms with Crippen molar-refractivity contribution in [2.45, 2.75) is 32.2 Å². The van der Waals surface area contributed by atoms with E-state index in [1.54, 1.807) is 0 Å². The van der Waals surface area contributed by atoms with Gasteiger partial charge in [0.1, 0.15) is 0 Å². The van der Waals surface area contributed by atoms with Crippen molar-refractivity contribution < 1.29 is 5.11 Å². The van der Waals surface area contributed by atoms with Gasteiger partial charge < -0.3 is 15.7 Å². The van der Waals surface area contributed by atoms with Crippen LogP contribution in [0, 0.1) is 5.92 Å². The van der Waals surface area contributed by atoms with Crippen LogP contribution in [0.5, 0.6) is 0 Å². The highest BCUT2D eigenvalue weighted by atomic mass is 16.3. The fraction of sp³-hybridized carbons (Fsp3) is 1.00. The Morgan fingerprint density at radius 3 is 2.69 bits per heavy atom. The minimum atomic E-state index is -0.0645. The van der Waals surface area contributed by atoms with Gasteiger partial charge in [0.2, 0.25) is 0 Å². The molecule has 0 aromatic carbocycles. The van der Waals surface area contributed by atoms with Crippen molar-refractivity contribution >= 4 is 0 Å². The first kappa shape index (κ1) is 11.0. The van der Waals surface area contributed by atoms with Crippen molar-refractivity contribution in [3.8, 4) is 0 Å². The first-order chi connectivity index (χ1) is 6.26. The summed E-state index contributed by atoms with van der Waals surface area (Å²) in [5, 5.41) is 8.85. The minimum Gasteiger partial charge on any atom is -0.395 e. The van der Waals surface area contributed by atoms with Crippen LogP contribution in [0.3, 0.4) is 0 Å². The largest absolute Gasteiger partial charge is 0.395 e. The Morgan fingerprint density at radius 2 is 2.23 bits per heavy atom. The van der Waals surface area contributed by atoms with Gasteiger partial charge in [-0.05, 0) is 31.7 Å². The van der Waals surface area contributed by atoms with E-state index in [1.807, 2.05) is 0 Å². The van der Waals surface area contributed by atoms with Crippen molar-refractivity contribution in [2.75, 3.05) is 26.2 Å². The molecule has 0 spiro atoms. The summed E-state index contributed by atoms with van der Waals surface area (Å²) < 4.78 is 0. The molecule has 78 valence electrons. The number of nitrogens with two attached hydrogens (primary N) is 1. The fourth-order valence-corrected chi connectivity index (χ4v) is 1.63. The first-order valence-electron chi connectivity index (χ1n) is 5.35. The summed E-state index contributed by atoms with van der Waals surface area (Å²) >= 11 is 0. The van der Waals surface area contributed by atoms with E-state index in [0.29, 0.717) is 0 Å². The highest BCUT2D eigenvalue weighted by molar-refractivity contribution is 4.78. The molecule has 0 amide bonds. The van der Waals surface area contributed by atoms with Crippen LogP contribution < -0.4 is 5.73 Å². The number of aliphatic hydroxyl groups is 1. The number of aliphatic hydroxyl groups excluding tert-OH is 1. The van der Waals surface area contributed by atoms with E-state index in [1.165, 1.54) is 25.8 Å². The molecule has 3 nitrogen and oxygen atoms in total. The van der Waals surface area contributed by atoms with Crippen LogP contribution in [0.25, 0.3) is 0 Å². The van der Waals surface area contributed by atoms with Gasteiger partial charge in [0.25, 0.3) is 0 Å². The van der Waals surface area contributed by atoms with Gasteiger partial charge in [0, 0.05) is 19.1 Å². The van der Waals surface area contributed by atoms with Crippen molar-refractivity contribution in [1.29, 1.82) is 0 Å². The summed E-state index contributed by atoms with van der Waals surface area (Å²) in [4.78, 5) is 2.39. The Balaban J connectivity index is 2.18. The summed E-state index contributed by atoms with van der Waals surface area (Å²) in [5.74, 6) is 0.914. The molecular weight excluding hydrogens is 164 g/mol. The Morgan fingerprint density at radius 1 is 1.54 bits per heavy atom. The molecule has 1 rings (SSSR count). The predicted octanol–water partition coefficient (Wildman–Crippen LogP) is 0.428. The lowest BCUT2D eigenvalue weighted by Gasteiger charge is -2.24. The topological polar surface area (TPSA) is 49.5 Å². The lowest BCUT2D eigenvalue weighted by molar-refractivity contribution is 0.196. The van der Waals surface area contributed by atoms with Gasteiger partial charge in [0.05, 0.1) is 6.61 Å². The third-order valence-electron chi connectivity index (χ3n) is 2.48. The van der Waals surface area contributed by atoms with Crippen LogP contribution in [0.1, 0.15) is 26.2 Å². The van der Waals surface area contributed by atoms with E-state index >= 15 is 0 Å². The highest BCUT2D eigenvalue weighted by Crippen LogP contribution is 2.29. The molecule has 1 fully saturated rings. The van der Waals surface area contributed by atoms with Gasteiger partial charge in [-0.15, -0.1) is 0 Å². The highest BCUT2D eigenvalue weighted by Gasteiger charge is 2.24. The zero-order valence-electron chi connectivity index (χ0n) is 8.58. The molecule has 0 aromatic heterocycles. The minimum absolute atomic E-state index is 0.0645. The quantitative estimate of drug-likeness (QED) is 0.606. The lowest BCUT2D eigenvalue weighted by atomic mass is 10.2. The summed E-state index contributed by atoms with van der Waals surface area (Å²) in [6.07, 6.45) is 3.94. The summed E-state index contributed by atoms with van der Waals surface area (Å²) in [6, 6.07) is -0.0645. The second-order valence-electron chi connectivity index (χ2n) is 4.15. The molecule has 0 aliphatic heterocycles. The zero-order valence-corrected chi connectivity index (χ0v) is 8.58. The number of hydrogen-bond donors (Lipinski definition) is 2. The van der Waals surface area contributed by atoms with Crippen molar-refractivity contribution in [3.05, 3.63) is 0 Å². The average Bonchev–Trinajstić information content (AvgIpc) is 2.88. The normalized spacial score (nSPS) is 19.4. The predicted molar refractivity (Wildman–Crippen MR) is 54.5 cm³/mol. The van der Waals surface area contributed by atoms with Gasteiger partial charge in [-0.25, -0.2) is 0 Å². The number of rotatable bonds is 7. The molecule has 0 radical (unpaired) electrons. The Labute approximate surface area is 80.9 Å². The molecule has 0 saturated heterocycles. The van der Waals surface area contributed by atoms with Crippen LogP contribution in [-0.2, 0) is 0 Å². The maximum absolute atomic E-state index is 8.85. The van der Waals surface area contributed by atoms with Crippen molar-refractivity contribution in [2.24, 2.45) is 11.7 Å². The summed E-state index contributed by atoms with van der Waals surface area (Å²) in [7, 11) is 0. The molecule has 0 heterocycles. The molecule has 13 heavy (non-hydrogen) atoms. The third kappa shape index (κ3) is 4.60. The van der Waals surface area contributed by atoms with E-state index < -0.39 is 0 Å². The van der Waals surface area contributed by atoms with E-state index in [4.69, 9.17) is 10.8 Å². The van der Waals surface area contributed by atoms with E-state index in [0.717, 1.165) is 19.0 Å². The van der Waals surface area contributed by atoms with Gasteiger partial charge in [-0.3, -0.25) is 0 Å². The average molecular weight is 186 g/mol. The monoisotopic (exact) mass is 186 g/mol. The second kappa shape index (κ2) is 5.58. The Bertz CT molecular complexity index is 137. The molecule has 1 saturated carbocycles. The molecule has 1 atom stereocenters. The molecule has 3 N–H and O–H groups in total. The SMILES string of the molecule is CCCN(CC(N)CO)CC1CC1. The van der Waals surface area contributed by atoms with Crippen molar-refractivity contribution in [1.82, 2.24) is 4.90 Å². The fourth-order valence-electron chi connectivity index (χ4n) is 1.63. The van der Waals surface area contributed by atoms with Gasteiger partial charge in [-0.2, -0.15) is 0 Å². The zero-order chi connectivity index (χ0) is 9.68.